The highest BCUT2D eigenvalue weighted by Crippen LogP contribution is 2.36. The fourth-order valence-electron chi connectivity index (χ4n) is 2.67. The molecule has 19 heavy (non-hydrogen) atoms. The smallest absolute Gasteiger partial charge is 0.404 e. The molecule has 1 amide bonds. The highest BCUT2D eigenvalue weighted by atomic mass is 16.5. The SMILES string of the molecule is COc1cccc(C2(N)CCC(NC(=O)O)CC2)c1. The molecule has 5 nitrogen and oxygen atoms in total. The third-order valence-corrected chi connectivity index (χ3v) is 3.85. The summed E-state index contributed by atoms with van der Waals surface area (Å²) in [6.45, 7) is 0. The zero-order valence-corrected chi connectivity index (χ0v) is 11.1. The molecule has 4 N–H and O–H groups in total. The van der Waals surface area contributed by atoms with E-state index in [0.29, 0.717) is 0 Å². The maximum atomic E-state index is 10.6. The van der Waals surface area contributed by atoms with Crippen LogP contribution in [0.4, 0.5) is 4.79 Å². The molecule has 1 saturated carbocycles. The number of amides is 1. The Morgan fingerprint density at radius 1 is 1.47 bits per heavy atom. The predicted octanol–water partition coefficient (Wildman–Crippen LogP) is 2.06. The first kappa shape index (κ1) is 13.7. The Bertz CT molecular complexity index is 454. The van der Waals surface area contributed by atoms with Gasteiger partial charge in [-0.25, -0.2) is 4.79 Å². The summed E-state index contributed by atoms with van der Waals surface area (Å²) in [5, 5.41) is 11.3. The molecule has 5 heteroatoms. The average Bonchev–Trinajstić information content (AvgIpc) is 2.41. The van der Waals surface area contributed by atoms with Crippen LogP contribution in [0.3, 0.4) is 0 Å². The summed E-state index contributed by atoms with van der Waals surface area (Å²) < 4.78 is 5.22. The number of rotatable bonds is 3. The number of benzene rings is 1. The Labute approximate surface area is 112 Å². The first-order valence-corrected chi connectivity index (χ1v) is 6.46. The summed E-state index contributed by atoms with van der Waals surface area (Å²) in [5.74, 6) is 0.799. The number of ether oxygens (including phenoxy) is 1. The number of hydrogen-bond acceptors (Lipinski definition) is 3. The van der Waals surface area contributed by atoms with Crippen molar-refractivity contribution in [1.82, 2.24) is 5.32 Å². The summed E-state index contributed by atoms with van der Waals surface area (Å²) in [5.41, 5.74) is 7.14. The average molecular weight is 264 g/mol. The lowest BCUT2D eigenvalue weighted by molar-refractivity contribution is 0.178. The van der Waals surface area contributed by atoms with Crippen LogP contribution in [0.15, 0.2) is 24.3 Å². The van der Waals surface area contributed by atoms with Crippen molar-refractivity contribution in [3.8, 4) is 5.75 Å². The van der Waals surface area contributed by atoms with Gasteiger partial charge in [-0.15, -0.1) is 0 Å². The maximum absolute atomic E-state index is 10.6. The van der Waals surface area contributed by atoms with Gasteiger partial charge in [0.1, 0.15) is 5.75 Å². The normalized spacial score (nSPS) is 26.7. The van der Waals surface area contributed by atoms with Gasteiger partial charge < -0.3 is 20.9 Å². The van der Waals surface area contributed by atoms with Crippen LogP contribution in [0.2, 0.25) is 0 Å². The summed E-state index contributed by atoms with van der Waals surface area (Å²) >= 11 is 0. The Morgan fingerprint density at radius 2 is 2.16 bits per heavy atom. The number of carbonyl (C=O) groups is 1. The van der Waals surface area contributed by atoms with E-state index in [4.69, 9.17) is 15.6 Å². The van der Waals surface area contributed by atoms with E-state index in [1.54, 1.807) is 7.11 Å². The molecular formula is C14H20N2O3. The monoisotopic (exact) mass is 264 g/mol. The third kappa shape index (κ3) is 3.17. The molecule has 1 aromatic carbocycles. The second-order valence-corrected chi connectivity index (χ2v) is 5.11. The summed E-state index contributed by atoms with van der Waals surface area (Å²) in [7, 11) is 1.63. The molecule has 0 aliphatic heterocycles. The molecule has 1 aliphatic rings. The van der Waals surface area contributed by atoms with Crippen molar-refractivity contribution in [2.45, 2.75) is 37.3 Å². The zero-order valence-electron chi connectivity index (χ0n) is 11.1. The molecule has 2 rings (SSSR count). The van der Waals surface area contributed by atoms with Crippen LogP contribution in [0.25, 0.3) is 0 Å². The maximum Gasteiger partial charge on any atom is 0.404 e. The molecule has 0 bridgehead atoms. The van der Waals surface area contributed by atoms with Crippen LogP contribution in [-0.4, -0.2) is 24.4 Å². The van der Waals surface area contributed by atoms with Crippen LogP contribution in [0.5, 0.6) is 5.75 Å². The topological polar surface area (TPSA) is 84.6 Å². The highest BCUT2D eigenvalue weighted by molar-refractivity contribution is 5.64. The van der Waals surface area contributed by atoms with E-state index in [1.165, 1.54) is 0 Å². The number of hydrogen-bond donors (Lipinski definition) is 3. The fraction of sp³-hybridized carbons (Fsp3) is 0.500. The number of nitrogens with one attached hydrogen (secondary N) is 1. The van der Waals surface area contributed by atoms with Gasteiger partial charge in [-0.3, -0.25) is 0 Å². The van der Waals surface area contributed by atoms with Crippen LogP contribution in [0.1, 0.15) is 31.2 Å². The van der Waals surface area contributed by atoms with E-state index in [9.17, 15) is 4.79 Å². The number of nitrogens with two attached hydrogens (primary N) is 1. The minimum absolute atomic E-state index is 0.0137. The van der Waals surface area contributed by atoms with E-state index < -0.39 is 6.09 Å². The van der Waals surface area contributed by atoms with E-state index in [-0.39, 0.29) is 11.6 Å². The summed E-state index contributed by atoms with van der Waals surface area (Å²) in [4.78, 5) is 10.6. The van der Waals surface area contributed by atoms with Crippen LogP contribution >= 0.6 is 0 Å². The lowest BCUT2D eigenvalue weighted by Crippen LogP contribution is -2.46. The summed E-state index contributed by atoms with van der Waals surface area (Å²) in [6.07, 6.45) is 2.10. The molecule has 0 aromatic heterocycles. The van der Waals surface area contributed by atoms with E-state index in [2.05, 4.69) is 5.32 Å². The van der Waals surface area contributed by atoms with Crippen molar-refractivity contribution in [1.29, 1.82) is 0 Å². The Morgan fingerprint density at radius 3 is 2.74 bits per heavy atom. The van der Waals surface area contributed by atoms with Gasteiger partial charge in [-0.2, -0.15) is 0 Å². The molecule has 0 radical (unpaired) electrons. The first-order chi connectivity index (χ1) is 9.03. The van der Waals surface area contributed by atoms with Gasteiger partial charge in [0.05, 0.1) is 7.11 Å². The molecule has 0 spiro atoms. The van der Waals surface area contributed by atoms with Crippen molar-refractivity contribution in [2.24, 2.45) is 5.73 Å². The van der Waals surface area contributed by atoms with Gasteiger partial charge in [0, 0.05) is 11.6 Å². The Hall–Kier alpha value is -1.75. The van der Waals surface area contributed by atoms with Crippen LogP contribution in [-0.2, 0) is 5.54 Å². The second kappa shape index (κ2) is 5.48. The molecule has 0 heterocycles. The molecule has 0 saturated heterocycles. The van der Waals surface area contributed by atoms with Crippen molar-refractivity contribution in [3.63, 3.8) is 0 Å². The van der Waals surface area contributed by atoms with Crippen molar-refractivity contribution >= 4 is 6.09 Å². The minimum atomic E-state index is -0.962. The first-order valence-electron chi connectivity index (χ1n) is 6.46. The van der Waals surface area contributed by atoms with Gasteiger partial charge >= 0.3 is 6.09 Å². The van der Waals surface area contributed by atoms with E-state index >= 15 is 0 Å². The molecule has 1 fully saturated rings. The van der Waals surface area contributed by atoms with Crippen LogP contribution in [0, 0.1) is 0 Å². The van der Waals surface area contributed by atoms with Gasteiger partial charge in [0.2, 0.25) is 0 Å². The van der Waals surface area contributed by atoms with E-state index in [1.807, 2.05) is 24.3 Å². The molecule has 1 aromatic rings. The lowest BCUT2D eigenvalue weighted by Gasteiger charge is -2.37. The van der Waals surface area contributed by atoms with Crippen molar-refractivity contribution in [3.05, 3.63) is 29.8 Å². The summed E-state index contributed by atoms with van der Waals surface area (Å²) in [6, 6.07) is 7.81. The van der Waals surface area contributed by atoms with Gasteiger partial charge in [-0.05, 0) is 43.4 Å². The minimum Gasteiger partial charge on any atom is -0.497 e. The number of carboxylic acid groups (broad SMARTS) is 1. The van der Waals surface area contributed by atoms with Gasteiger partial charge in [-0.1, -0.05) is 12.1 Å². The van der Waals surface area contributed by atoms with Crippen LogP contribution < -0.4 is 15.8 Å². The standard InChI is InChI=1S/C14H20N2O3/c1-19-12-4-2-3-10(9-12)14(15)7-5-11(6-8-14)16-13(17)18/h2-4,9,11,16H,5-8,15H2,1H3,(H,17,18). The van der Waals surface area contributed by atoms with E-state index in [0.717, 1.165) is 37.0 Å². The Balaban J connectivity index is 2.06. The van der Waals surface area contributed by atoms with Gasteiger partial charge in [0.25, 0.3) is 0 Å². The lowest BCUT2D eigenvalue weighted by atomic mass is 9.75. The second-order valence-electron chi connectivity index (χ2n) is 5.11. The molecule has 104 valence electrons. The molecule has 0 unspecified atom stereocenters. The largest absolute Gasteiger partial charge is 0.497 e. The Kier molecular flexibility index (Phi) is 3.95. The van der Waals surface area contributed by atoms with Crippen molar-refractivity contribution in [2.75, 3.05) is 7.11 Å². The van der Waals surface area contributed by atoms with Gasteiger partial charge in [0.15, 0.2) is 0 Å². The molecule has 0 atom stereocenters. The van der Waals surface area contributed by atoms with Crippen molar-refractivity contribution < 1.29 is 14.6 Å². The zero-order chi connectivity index (χ0) is 13.9. The highest BCUT2D eigenvalue weighted by Gasteiger charge is 2.33. The predicted molar refractivity (Wildman–Crippen MR) is 72.3 cm³/mol. The number of methoxy groups -OCH3 is 1. The molecule has 1 aliphatic carbocycles. The molecular weight excluding hydrogens is 244 g/mol. The fourth-order valence-corrected chi connectivity index (χ4v) is 2.67. The quantitative estimate of drug-likeness (QED) is 0.780. The third-order valence-electron chi connectivity index (χ3n) is 3.85.